The minimum atomic E-state index is -0.180. The van der Waals surface area contributed by atoms with E-state index < -0.39 is 0 Å². The van der Waals surface area contributed by atoms with Crippen LogP contribution >= 0.6 is 12.4 Å². The van der Waals surface area contributed by atoms with Gasteiger partial charge in [-0.25, -0.2) is 4.39 Å². The Hall–Kier alpha value is -1.63. The first-order valence-corrected chi connectivity index (χ1v) is 11.2. The average Bonchev–Trinajstić information content (AvgIpc) is 2.82. The Morgan fingerprint density at radius 1 is 1.13 bits per heavy atom. The zero-order valence-electron chi connectivity index (χ0n) is 18.0. The molecule has 0 radical (unpaired) electrons. The second-order valence-corrected chi connectivity index (χ2v) is 9.21. The van der Waals surface area contributed by atoms with E-state index in [-0.39, 0.29) is 48.3 Å². The number of carbonyl (C=O) groups excluding carboxylic acids is 1. The molecule has 1 aromatic rings. The van der Waals surface area contributed by atoms with Crippen LogP contribution in [0.15, 0.2) is 36.2 Å². The Morgan fingerprint density at radius 2 is 1.74 bits per heavy atom. The molecule has 3 saturated carbocycles. The molecule has 1 aromatic carbocycles. The van der Waals surface area contributed by atoms with Gasteiger partial charge in [0.2, 0.25) is 5.91 Å². The summed E-state index contributed by atoms with van der Waals surface area (Å²) >= 11 is 0. The third-order valence-corrected chi connectivity index (χ3v) is 7.59. The maximum absolute atomic E-state index is 13.1. The molecular weight excluding hydrogens is 419 g/mol. The van der Waals surface area contributed by atoms with E-state index in [1.807, 2.05) is 12.1 Å². The van der Waals surface area contributed by atoms with Crippen LogP contribution in [0.5, 0.6) is 5.75 Å². The van der Waals surface area contributed by atoms with E-state index in [0.717, 1.165) is 70.3 Å². The molecule has 0 unspecified atom stereocenters. The lowest BCUT2D eigenvalue weighted by Gasteiger charge is -2.53. The summed E-state index contributed by atoms with van der Waals surface area (Å²) in [4.78, 5) is 13.1. The minimum Gasteiger partial charge on any atom is -0.489 e. The van der Waals surface area contributed by atoms with Gasteiger partial charge in [0.05, 0.1) is 6.33 Å². The molecular formula is C24H34ClFN2O3. The first kappa shape index (κ1) is 24.0. The number of amides is 1. The second-order valence-electron chi connectivity index (χ2n) is 9.21. The highest BCUT2D eigenvalue weighted by Gasteiger charge is 2.53. The zero-order chi connectivity index (χ0) is 21.0. The van der Waals surface area contributed by atoms with Gasteiger partial charge in [-0.05, 0) is 74.5 Å². The summed E-state index contributed by atoms with van der Waals surface area (Å²) < 4.78 is 23.7. The number of nitrogens with one attached hydrogen (secondary N) is 1. The third-order valence-electron chi connectivity index (χ3n) is 7.59. The van der Waals surface area contributed by atoms with Crippen LogP contribution in [0.3, 0.4) is 0 Å². The molecule has 1 amide bonds. The zero-order valence-corrected chi connectivity index (χ0v) is 18.9. The topological polar surface area (TPSA) is 73.6 Å². The van der Waals surface area contributed by atoms with E-state index in [1.54, 1.807) is 0 Å². The summed E-state index contributed by atoms with van der Waals surface area (Å²) in [5.74, 6) is 0.989. The molecule has 2 bridgehead atoms. The van der Waals surface area contributed by atoms with Gasteiger partial charge in [-0.15, -0.1) is 12.4 Å². The summed E-state index contributed by atoms with van der Waals surface area (Å²) in [6, 6.07) is 8.47. The van der Waals surface area contributed by atoms with Crippen molar-refractivity contribution in [2.75, 3.05) is 26.4 Å². The Morgan fingerprint density at radius 3 is 2.29 bits per heavy atom. The first-order valence-electron chi connectivity index (χ1n) is 11.2. The van der Waals surface area contributed by atoms with Crippen LogP contribution in [-0.2, 0) is 14.9 Å². The van der Waals surface area contributed by atoms with Gasteiger partial charge in [0.25, 0.3) is 0 Å². The fourth-order valence-electron chi connectivity index (χ4n) is 5.36. The fourth-order valence-corrected chi connectivity index (χ4v) is 5.36. The highest BCUT2D eigenvalue weighted by atomic mass is 35.5. The average molecular weight is 453 g/mol. The molecule has 1 aliphatic heterocycles. The monoisotopic (exact) mass is 452 g/mol. The van der Waals surface area contributed by atoms with Crippen LogP contribution in [0.2, 0.25) is 0 Å². The Balaban J connectivity index is 0.00000272. The number of carbonyl (C=O) groups is 1. The predicted octanol–water partition coefficient (Wildman–Crippen LogP) is 4.19. The molecule has 0 atom stereocenters. The molecule has 0 aromatic heterocycles. The van der Waals surface area contributed by atoms with Crippen molar-refractivity contribution in [3.05, 3.63) is 41.7 Å². The number of fused-ring (bicyclic) bond motifs is 3. The van der Waals surface area contributed by atoms with Gasteiger partial charge in [-0.3, -0.25) is 4.79 Å². The van der Waals surface area contributed by atoms with Gasteiger partial charge < -0.3 is 20.5 Å². The fraction of sp³-hybridized carbons (Fsp3) is 0.625. The lowest BCUT2D eigenvalue weighted by molar-refractivity contribution is -0.139. The lowest BCUT2D eigenvalue weighted by Crippen LogP contribution is -2.54. The van der Waals surface area contributed by atoms with Crippen LogP contribution in [0.1, 0.15) is 56.9 Å². The number of nitrogens with two attached hydrogens (primary N) is 1. The molecule has 5 rings (SSSR count). The summed E-state index contributed by atoms with van der Waals surface area (Å²) in [6.07, 6.45) is 8.40. The standard InChI is InChI=1S/C24H33FN2O3.ClH/c25-15-18(16-26)17-30-21-3-1-19(2-4-21)23-7-10-24(11-8-23,12-9-23)22(28)27-20-5-13-29-14-6-20;/h1-4,15,20H,5-14,16-17,26H2,(H,27,28);1H/b18-15+;. The van der Waals surface area contributed by atoms with E-state index in [2.05, 4.69) is 17.4 Å². The number of benzene rings is 1. The quantitative estimate of drug-likeness (QED) is 0.650. The van der Waals surface area contributed by atoms with Gasteiger partial charge in [-0.1, -0.05) is 12.1 Å². The van der Waals surface area contributed by atoms with E-state index in [1.165, 1.54) is 5.56 Å². The summed E-state index contributed by atoms with van der Waals surface area (Å²) in [6.45, 7) is 1.82. The van der Waals surface area contributed by atoms with Gasteiger partial charge in [-0.2, -0.15) is 0 Å². The third kappa shape index (κ3) is 5.07. The molecule has 3 aliphatic carbocycles. The molecule has 7 heteroatoms. The van der Waals surface area contributed by atoms with Crippen molar-refractivity contribution in [1.29, 1.82) is 0 Å². The van der Waals surface area contributed by atoms with Crippen LogP contribution < -0.4 is 15.8 Å². The summed E-state index contributed by atoms with van der Waals surface area (Å²) in [7, 11) is 0. The van der Waals surface area contributed by atoms with Crippen molar-refractivity contribution in [2.45, 2.75) is 62.8 Å². The highest BCUT2D eigenvalue weighted by molar-refractivity contribution is 5.85. The number of hydrogen-bond acceptors (Lipinski definition) is 4. The van der Waals surface area contributed by atoms with Crippen LogP contribution in [0, 0.1) is 5.41 Å². The first-order chi connectivity index (χ1) is 14.6. The second kappa shape index (κ2) is 10.3. The molecule has 3 N–H and O–H groups in total. The van der Waals surface area contributed by atoms with Gasteiger partial charge in [0, 0.05) is 36.8 Å². The Kier molecular flexibility index (Phi) is 8.00. The van der Waals surface area contributed by atoms with Crippen molar-refractivity contribution >= 4 is 18.3 Å². The lowest BCUT2D eigenvalue weighted by atomic mass is 9.51. The molecule has 1 heterocycles. The number of halogens is 2. The number of rotatable bonds is 7. The Labute approximate surface area is 190 Å². The van der Waals surface area contributed by atoms with E-state index in [0.29, 0.717) is 11.9 Å². The van der Waals surface area contributed by atoms with E-state index in [4.69, 9.17) is 15.2 Å². The normalized spacial score (nSPS) is 28.6. The van der Waals surface area contributed by atoms with Gasteiger partial charge in [0.1, 0.15) is 12.4 Å². The molecule has 0 spiro atoms. The largest absolute Gasteiger partial charge is 0.489 e. The SMILES string of the molecule is Cl.NC/C(=C\F)COc1ccc(C23CCC(C(=O)NC4CCOCC4)(CC2)CC3)cc1. The van der Waals surface area contributed by atoms with Gasteiger partial charge in [0.15, 0.2) is 0 Å². The van der Waals surface area contributed by atoms with E-state index in [9.17, 15) is 9.18 Å². The van der Waals surface area contributed by atoms with Crippen molar-refractivity contribution in [1.82, 2.24) is 5.32 Å². The molecule has 4 aliphatic rings. The number of ether oxygens (including phenoxy) is 2. The molecule has 31 heavy (non-hydrogen) atoms. The van der Waals surface area contributed by atoms with Crippen LogP contribution in [0.4, 0.5) is 4.39 Å². The van der Waals surface area contributed by atoms with Crippen LogP contribution in [-0.4, -0.2) is 38.3 Å². The maximum atomic E-state index is 13.1. The summed E-state index contributed by atoms with van der Waals surface area (Å²) in [5.41, 5.74) is 7.22. The molecule has 172 valence electrons. The highest BCUT2D eigenvalue weighted by Crippen LogP contribution is 2.58. The smallest absolute Gasteiger partial charge is 0.226 e. The number of hydrogen-bond donors (Lipinski definition) is 2. The van der Waals surface area contributed by atoms with Crippen LogP contribution in [0.25, 0.3) is 0 Å². The van der Waals surface area contributed by atoms with Gasteiger partial charge >= 0.3 is 0 Å². The maximum Gasteiger partial charge on any atom is 0.226 e. The molecule has 4 fully saturated rings. The van der Waals surface area contributed by atoms with E-state index >= 15 is 0 Å². The van der Waals surface area contributed by atoms with Crippen molar-refractivity contribution in [3.8, 4) is 5.75 Å². The minimum absolute atomic E-state index is 0. The molecule has 5 nitrogen and oxygen atoms in total. The predicted molar refractivity (Wildman–Crippen MR) is 121 cm³/mol. The summed E-state index contributed by atoms with van der Waals surface area (Å²) in [5, 5.41) is 3.32. The Bertz CT molecular complexity index is 753. The van der Waals surface area contributed by atoms with Crippen molar-refractivity contribution in [2.24, 2.45) is 11.1 Å². The van der Waals surface area contributed by atoms with Crippen molar-refractivity contribution in [3.63, 3.8) is 0 Å². The molecule has 1 saturated heterocycles. The van der Waals surface area contributed by atoms with Crippen molar-refractivity contribution < 1.29 is 18.7 Å².